The van der Waals surface area contributed by atoms with E-state index in [2.05, 4.69) is 10.1 Å². The molecular weight excluding hydrogens is 311 g/mol. The number of benzene rings is 1. The Balaban J connectivity index is 1.68. The first kappa shape index (κ1) is 14.8. The average molecular weight is 327 g/mol. The fraction of sp³-hybridized carbons (Fsp3) is 0.467. The number of hydrogen-bond acceptors (Lipinski definition) is 4. The Labute approximate surface area is 133 Å². The van der Waals surface area contributed by atoms with Crippen molar-refractivity contribution < 1.29 is 9.63 Å². The maximum absolute atomic E-state index is 9.53. The van der Waals surface area contributed by atoms with Crippen LogP contribution >= 0.6 is 23.2 Å². The van der Waals surface area contributed by atoms with Crippen LogP contribution in [-0.2, 0) is 6.42 Å². The molecule has 1 fully saturated rings. The summed E-state index contributed by atoms with van der Waals surface area (Å²) in [5.41, 5.74) is 0.996. The van der Waals surface area contributed by atoms with Gasteiger partial charge < -0.3 is 9.63 Å². The van der Waals surface area contributed by atoms with Crippen molar-refractivity contribution in [3.63, 3.8) is 0 Å². The minimum atomic E-state index is -0.181. The first-order chi connectivity index (χ1) is 10.1. The van der Waals surface area contributed by atoms with Crippen molar-refractivity contribution in [2.45, 2.75) is 44.1 Å². The molecule has 4 nitrogen and oxygen atoms in total. The Morgan fingerprint density at radius 3 is 2.62 bits per heavy atom. The highest BCUT2D eigenvalue weighted by molar-refractivity contribution is 6.42. The van der Waals surface area contributed by atoms with Crippen LogP contribution in [0, 0.1) is 0 Å². The highest BCUT2D eigenvalue weighted by Gasteiger charge is 2.25. The first-order valence-electron chi connectivity index (χ1n) is 7.06. The molecule has 21 heavy (non-hydrogen) atoms. The Hall–Kier alpha value is -1.10. The lowest BCUT2D eigenvalue weighted by Gasteiger charge is -2.22. The number of aliphatic hydroxyl groups excluding tert-OH is 1. The lowest BCUT2D eigenvalue weighted by Crippen LogP contribution is -2.17. The molecule has 6 heteroatoms. The standard InChI is InChI=1S/C15H16Cl2N2O2/c16-12-6-1-9(7-13(12)17)8-14-18-15(21-19-14)10-2-4-11(20)5-3-10/h1,6-7,10-11,20H,2-5,8H2. The van der Waals surface area contributed by atoms with Gasteiger partial charge in [-0.2, -0.15) is 4.98 Å². The zero-order valence-corrected chi connectivity index (χ0v) is 12.9. The van der Waals surface area contributed by atoms with E-state index >= 15 is 0 Å². The molecule has 1 aliphatic carbocycles. The second-order valence-electron chi connectivity index (χ2n) is 5.48. The van der Waals surface area contributed by atoms with E-state index in [1.165, 1.54) is 0 Å². The summed E-state index contributed by atoms with van der Waals surface area (Å²) in [5, 5.41) is 14.6. The molecule has 2 aromatic rings. The van der Waals surface area contributed by atoms with E-state index in [9.17, 15) is 5.11 Å². The van der Waals surface area contributed by atoms with Crippen LogP contribution in [0.4, 0.5) is 0 Å². The Morgan fingerprint density at radius 1 is 1.14 bits per heavy atom. The lowest BCUT2D eigenvalue weighted by atomic mass is 9.87. The minimum absolute atomic E-state index is 0.181. The maximum atomic E-state index is 9.53. The van der Waals surface area contributed by atoms with Crippen molar-refractivity contribution in [3.8, 4) is 0 Å². The van der Waals surface area contributed by atoms with E-state index in [1.807, 2.05) is 12.1 Å². The van der Waals surface area contributed by atoms with Crippen molar-refractivity contribution in [1.29, 1.82) is 0 Å². The van der Waals surface area contributed by atoms with Crippen LogP contribution in [0.1, 0.15) is 48.9 Å². The molecule has 1 aromatic heterocycles. The highest BCUT2D eigenvalue weighted by Crippen LogP contribution is 2.32. The molecule has 1 saturated carbocycles. The predicted octanol–water partition coefficient (Wildman–Crippen LogP) is 3.99. The number of hydrogen-bond donors (Lipinski definition) is 1. The molecule has 1 aliphatic rings. The number of rotatable bonds is 3. The highest BCUT2D eigenvalue weighted by atomic mass is 35.5. The van der Waals surface area contributed by atoms with Crippen molar-refractivity contribution >= 4 is 23.2 Å². The van der Waals surface area contributed by atoms with Crippen molar-refractivity contribution in [2.75, 3.05) is 0 Å². The monoisotopic (exact) mass is 326 g/mol. The molecule has 1 heterocycles. The Kier molecular flexibility index (Phi) is 4.48. The van der Waals surface area contributed by atoms with Gasteiger partial charge in [-0.15, -0.1) is 0 Å². The Morgan fingerprint density at radius 2 is 1.90 bits per heavy atom. The SMILES string of the molecule is OC1CCC(c2nc(Cc3ccc(Cl)c(Cl)c3)no2)CC1. The molecule has 0 atom stereocenters. The number of nitrogens with zero attached hydrogens (tertiary/aromatic N) is 2. The quantitative estimate of drug-likeness (QED) is 0.926. The summed E-state index contributed by atoms with van der Waals surface area (Å²) in [5.74, 6) is 1.59. The summed E-state index contributed by atoms with van der Waals surface area (Å²) < 4.78 is 5.36. The molecule has 1 aromatic carbocycles. The average Bonchev–Trinajstić information content (AvgIpc) is 2.92. The molecule has 3 rings (SSSR count). The van der Waals surface area contributed by atoms with Gasteiger partial charge in [0.25, 0.3) is 0 Å². The van der Waals surface area contributed by atoms with E-state index in [0.29, 0.717) is 28.2 Å². The van der Waals surface area contributed by atoms with Gasteiger partial charge in [-0.1, -0.05) is 34.4 Å². The van der Waals surface area contributed by atoms with Crippen LogP contribution in [0.25, 0.3) is 0 Å². The summed E-state index contributed by atoms with van der Waals surface area (Å²) >= 11 is 11.9. The van der Waals surface area contributed by atoms with E-state index in [0.717, 1.165) is 31.2 Å². The van der Waals surface area contributed by atoms with Crippen LogP contribution in [0.3, 0.4) is 0 Å². The topological polar surface area (TPSA) is 59.2 Å². The van der Waals surface area contributed by atoms with Gasteiger partial charge >= 0.3 is 0 Å². The van der Waals surface area contributed by atoms with Crippen molar-refractivity contribution in [3.05, 3.63) is 45.5 Å². The third kappa shape index (κ3) is 3.57. The summed E-state index contributed by atoms with van der Waals surface area (Å²) in [7, 11) is 0. The van der Waals surface area contributed by atoms with Crippen molar-refractivity contribution in [1.82, 2.24) is 10.1 Å². The fourth-order valence-electron chi connectivity index (χ4n) is 2.66. The van der Waals surface area contributed by atoms with Crippen molar-refractivity contribution in [2.24, 2.45) is 0 Å². The smallest absolute Gasteiger partial charge is 0.229 e. The van der Waals surface area contributed by atoms with Crippen LogP contribution < -0.4 is 0 Å². The van der Waals surface area contributed by atoms with Crippen LogP contribution in [0.2, 0.25) is 10.0 Å². The van der Waals surface area contributed by atoms with Gasteiger partial charge in [-0.25, -0.2) is 0 Å². The third-order valence-electron chi connectivity index (χ3n) is 3.88. The molecule has 0 spiro atoms. The molecule has 0 saturated heterocycles. The summed E-state index contributed by atoms with van der Waals surface area (Å²) in [6.45, 7) is 0. The zero-order valence-electron chi connectivity index (χ0n) is 11.4. The Bertz CT molecular complexity index is 622. The molecular formula is C15H16Cl2N2O2. The van der Waals surface area contributed by atoms with E-state index in [4.69, 9.17) is 27.7 Å². The number of halogens is 2. The molecule has 112 valence electrons. The van der Waals surface area contributed by atoms with Gasteiger partial charge in [0.15, 0.2) is 5.82 Å². The third-order valence-corrected chi connectivity index (χ3v) is 4.62. The van der Waals surface area contributed by atoms with Gasteiger partial charge in [0.2, 0.25) is 5.89 Å². The van der Waals surface area contributed by atoms with Crippen LogP contribution in [-0.4, -0.2) is 21.4 Å². The summed E-state index contributed by atoms with van der Waals surface area (Å²) in [4.78, 5) is 4.47. The molecule has 0 bridgehead atoms. The molecule has 1 N–H and O–H groups in total. The lowest BCUT2D eigenvalue weighted by molar-refractivity contribution is 0.116. The van der Waals surface area contributed by atoms with Gasteiger partial charge in [0.1, 0.15) is 0 Å². The predicted molar refractivity (Wildman–Crippen MR) is 80.8 cm³/mol. The van der Waals surface area contributed by atoms with Gasteiger partial charge in [-0.3, -0.25) is 0 Å². The number of aliphatic hydroxyl groups is 1. The molecule has 0 radical (unpaired) electrons. The molecule has 0 aliphatic heterocycles. The van der Waals surface area contributed by atoms with E-state index in [1.54, 1.807) is 6.07 Å². The van der Waals surface area contributed by atoms with Gasteiger partial charge in [0.05, 0.1) is 16.1 Å². The van der Waals surface area contributed by atoms with Gasteiger partial charge in [0, 0.05) is 12.3 Å². The van der Waals surface area contributed by atoms with Gasteiger partial charge in [-0.05, 0) is 43.4 Å². The normalized spacial score (nSPS) is 22.4. The first-order valence-corrected chi connectivity index (χ1v) is 7.82. The van der Waals surface area contributed by atoms with E-state index < -0.39 is 0 Å². The second kappa shape index (κ2) is 6.34. The second-order valence-corrected chi connectivity index (χ2v) is 6.29. The molecule has 0 unspecified atom stereocenters. The maximum Gasteiger partial charge on any atom is 0.229 e. The fourth-order valence-corrected chi connectivity index (χ4v) is 2.98. The summed E-state index contributed by atoms with van der Waals surface area (Å²) in [6, 6.07) is 5.49. The zero-order chi connectivity index (χ0) is 14.8. The minimum Gasteiger partial charge on any atom is -0.393 e. The van der Waals surface area contributed by atoms with Crippen LogP contribution in [0.15, 0.2) is 22.7 Å². The largest absolute Gasteiger partial charge is 0.393 e. The molecule has 0 amide bonds. The van der Waals surface area contributed by atoms with Crippen LogP contribution in [0.5, 0.6) is 0 Å². The summed E-state index contributed by atoms with van der Waals surface area (Å²) in [6.07, 6.45) is 3.78. The van der Waals surface area contributed by atoms with E-state index in [-0.39, 0.29) is 12.0 Å². The number of aromatic nitrogens is 2.